The molecule has 0 aliphatic rings. The van der Waals surface area contributed by atoms with Gasteiger partial charge in [-0.1, -0.05) is 61.3 Å². The number of rotatable bonds is 10. The Kier molecular flexibility index (Phi) is 13.4. The van der Waals surface area contributed by atoms with Gasteiger partial charge in [-0.2, -0.15) is 0 Å². The number of anilines is 3. The fraction of sp³-hybridized carbons (Fsp3) is 0.286. The van der Waals surface area contributed by atoms with Crippen LogP contribution in [0, 0.1) is 0 Å². The fourth-order valence-corrected chi connectivity index (χ4v) is 4.29. The third-order valence-corrected chi connectivity index (χ3v) is 6.65. The number of carbonyl (C=O) groups is 2. The van der Waals surface area contributed by atoms with Gasteiger partial charge in [0.15, 0.2) is 0 Å². The summed E-state index contributed by atoms with van der Waals surface area (Å²) in [6.45, 7) is 7.96. The van der Waals surface area contributed by atoms with Crippen molar-refractivity contribution in [3.63, 3.8) is 0 Å². The lowest BCUT2D eigenvalue weighted by atomic mass is 10.1. The van der Waals surface area contributed by atoms with E-state index in [2.05, 4.69) is 40.0 Å². The van der Waals surface area contributed by atoms with Crippen LogP contribution in [-0.4, -0.2) is 43.1 Å². The summed E-state index contributed by atoms with van der Waals surface area (Å²) in [5.74, 6) is -0.878. The predicted octanol–water partition coefficient (Wildman–Crippen LogP) is 7.33. The van der Waals surface area contributed by atoms with E-state index in [0.29, 0.717) is 32.3 Å². The van der Waals surface area contributed by atoms with Crippen LogP contribution in [0.2, 0.25) is 10.0 Å². The second-order valence-corrected chi connectivity index (χ2v) is 9.72. The lowest BCUT2D eigenvalue weighted by molar-refractivity contribution is -0.142. The number of hydrogen-bond donors (Lipinski definition) is 2. The summed E-state index contributed by atoms with van der Waals surface area (Å²) in [6, 6.07) is 18.6. The number of nitrogens with zero attached hydrogens (tertiary/aromatic N) is 1. The van der Waals surface area contributed by atoms with E-state index >= 15 is 0 Å². The lowest BCUT2D eigenvalue weighted by Crippen LogP contribution is -2.23. The van der Waals surface area contributed by atoms with E-state index in [0.717, 1.165) is 30.0 Å². The highest BCUT2D eigenvalue weighted by molar-refractivity contribution is 9.10. The van der Waals surface area contributed by atoms with Crippen molar-refractivity contribution in [2.75, 3.05) is 37.4 Å². The minimum absolute atomic E-state index is 0.0196. The molecule has 3 aromatic rings. The standard InChI is InChI=1S/C16H23BrN2O4.C12H9Cl2N/c1-4-19(5-2)10-13-8-12(9-14(17)15(13)18)16(21)23-7-6-22-11(3)20;13-10-7-4-8-11(14)12(10)15-9-5-2-1-3-6-9/h8-9H,4-7,10,18H2,1-3H3;1-8,15H. The van der Waals surface area contributed by atoms with Crippen LogP contribution in [0.3, 0.4) is 0 Å². The molecule has 10 heteroatoms. The molecule has 0 amide bonds. The number of ether oxygens (including phenoxy) is 2. The minimum atomic E-state index is -0.473. The van der Waals surface area contributed by atoms with Crippen molar-refractivity contribution in [3.8, 4) is 0 Å². The number of nitrogens with two attached hydrogens (primary N) is 1. The van der Waals surface area contributed by atoms with Crippen LogP contribution < -0.4 is 11.1 Å². The van der Waals surface area contributed by atoms with Gasteiger partial charge in [0.2, 0.25) is 0 Å². The Morgan fingerprint density at radius 3 is 2.13 bits per heavy atom. The van der Waals surface area contributed by atoms with E-state index in [1.807, 2.05) is 36.4 Å². The van der Waals surface area contributed by atoms with E-state index in [1.165, 1.54) is 6.92 Å². The maximum atomic E-state index is 12.1. The lowest BCUT2D eigenvalue weighted by Gasteiger charge is -2.20. The van der Waals surface area contributed by atoms with Crippen molar-refractivity contribution < 1.29 is 19.1 Å². The van der Waals surface area contributed by atoms with Crippen LogP contribution >= 0.6 is 39.1 Å². The third-order valence-electron chi connectivity index (χ3n) is 5.37. The Bertz CT molecular complexity index is 1190. The summed E-state index contributed by atoms with van der Waals surface area (Å²) in [7, 11) is 0. The molecule has 3 aromatic carbocycles. The van der Waals surface area contributed by atoms with E-state index in [9.17, 15) is 9.59 Å². The largest absolute Gasteiger partial charge is 0.462 e. The Hall–Kier alpha value is -2.78. The normalized spacial score (nSPS) is 10.4. The van der Waals surface area contributed by atoms with Crippen LogP contribution in [0.25, 0.3) is 0 Å². The first-order valence-electron chi connectivity index (χ1n) is 12.0. The number of carbonyl (C=O) groups excluding carboxylic acids is 2. The van der Waals surface area contributed by atoms with Crippen molar-refractivity contribution in [2.24, 2.45) is 0 Å². The maximum Gasteiger partial charge on any atom is 0.338 e. The molecule has 38 heavy (non-hydrogen) atoms. The summed E-state index contributed by atoms with van der Waals surface area (Å²) in [4.78, 5) is 25.0. The Balaban J connectivity index is 0.000000290. The second kappa shape index (κ2) is 16.2. The highest BCUT2D eigenvalue weighted by Gasteiger charge is 2.15. The molecule has 0 aromatic heterocycles. The van der Waals surface area contributed by atoms with Crippen molar-refractivity contribution in [3.05, 3.63) is 86.3 Å². The molecule has 0 saturated carbocycles. The number of hydrogen-bond acceptors (Lipinski definition) is 7. The van der Waals surface area contributed by atoms with Crippen LogP contribution in [0.1, 0.15) is 36.7 Å². The van der Waals surface area contributed by atoms with E-state index in [1.54, 1.807) is 24.3 Å². The summed E-state index contributed by atoms with van der Waals surface area (Å²) >= 11 is 15.4. The summed E-state index contributed by atoms with van der Waals surface area (Å²) in [5.41, 5.74) is 9.69. The summed E-state index contributed by atoms with van der Waals surface area (Å²) < 4.78 is 10.5. The zero-order chi connectivity index (χ0) is 28.1. The molecular weight excluding hydrogens is 593 g/mol. The van der Waals surface area contributed by atoms with Gasteiger partial charge >= 0.3 is 11.9 Å². The van der Waals surface area contributed by atoms with Gasteiger partial charge in [-0.05, 0) is 71.0 Å². The van der Waals surface area contributed by atoms with E-state index < -0.39 is 11.9 Å². The molecule has 204 valence electrons. The van der Waals surface area contributed by atoms with Gasteiger partial charge in [0.25, 0.3) is 0 Å². The molecule has 0 atom stereocenters. The molecule has 0 fully saturated rings. The number of benzene rings is 3. The van der Waals surface area contributed by atoms with Gasteiger partial charge in [0.05, 0.1) is 27.0 Å². The molecule has 0 radical (unpaired) electrons. The molecule has 0 saturated heterocycles. The second-order valence-electron chi connectivity index (χ2n) is 8.06. The number of para-hydroxylation sites is 2. The molecule has 3 rings (SSSR count). The topological polar surface area (TPSA) is 93.9 Å². The van der Waals surface area contributed by atoms with Gasteiger partial charge in [-0.3, -0.25) is 9.69 Å². The fourth-order valence-electron chi connectivity index (χ4n) is 3.30. The van der Waals surface area contributed by atoms with Gasteiger partial charge < -0.3 is 20.5 Å². The van der Waals surface area contributed by atoms with Gasteiger partial charge in [-0.15, -0.1) is 0 Å². The smallest absolute Gasteiger partial charge is 0.338 e. The predicted molar refractivity (Wildman–Crippen MR) is 158 cm³/mol. The zero-order valence-corrected chi connectivity index (χ0v) is 24.7. The molecular formula is C28H32BrCl2N3O4. The number of halogens is 3. The third kappa shape index (κ3) is 10.2. The molecule has 7 nitrogen and oxygen atoms in total. The van der Waals surface area contributed by atoms with Crippen LogP contribution in [0.15, 0.2) is 65.1 Å². The van der Waals surface area contributed by atoms with Crippen LogP contribution in [0.4, 0.5) is 17.1 Å². The quantitative estimate of drug-likeness (QED) is 0.139. The Morgan fingerprint density at radius 2 is 1.55 bits per heavy atom. The average Bonchev–Trinajstić information content (AvgIpc) is 2.90. The summed E-state index contributed by atoms with van der Waals surface area (Å²) in [5, 5.41) is 4.41. The van der Waals surface area contributed by atoms with E-state index in [4.69, 9.17) is 38.4 Å². The van der Waals surface area contributed by atoms with Gasteiger partial charge in [-0.25, -0.2) is 4.79 Å². The average molecular weight is 625 g/mol. The highest BCUT2D eigenvalue weighted by Crippen LogP contribution is 2.32. The molecule has 0 unspecified atom stereocenters. The van der Waals surface area contributed by atoms with Crippen molar-refractivity contribution in [1.29, 1.82) is 0 Å². The van der Waals surface area contributed by atoms with Crippen molar-refractivity contribution >= 4 is 68.1 Å². The van der Waals surface area contributed by atoms with Crippen molar-refractivity contribution in [2.45, 2.75) is 27.3 Å². The highest BCUT2D eigenvalue weighted by atomic mass is 79.9. The molecule has 3 N–H and O–H groups in total. The molecule has 0 heterocycles. The molecule has 0 aliphatic carbocycles. The van der Waals surface area contributed by atoms with Gasteiger partial charge in [0.1, 0.15) is 13.2 Å². The van der Waals surface area contributed by atoms with Crippen LogP contribution in [0.5, 0.6) is 0 Å². The van der Waals surface area contributed by atoms with Crippen LogP contribution in [-0.2, 0) is 20.8 Å². The van der Waals surface area contributed by atoms with Gasteiger partial charge in [0, 0.05) is 23.6 Å². The number of esters is 2. The Morgan fingerprint density at radius 1 is 0.947 bits per heavy atom. The first-order chi connectivity index (χ1) is 18.2. The SMILES string of the molecule is CCN(CC)Cc1cc(C(=O)OCCOC(C)=O)cc(Br)c1N.Clc1cccc(Cl)c1Nc1ccccc1. The monoisotopic (exact) mass is 623 g/mol. The summed E-state index contributed by atoms with van der Waals surface area (Å²) in [6.07, 6.45) is 0. The van der Waals surface area contributed by atoms with Crippen molar-refractivity contribution in [1.82, 2.24) is 4.90 Å². The first-order valence-corrected chi connectivity index (χ1v) is 13.6. The van der Waals surface area contributed by atoms with E-state index in [-0.39, 0.29) is 13.2 Å². The number of nitrogen functional groups attached to an aromatic ring is 1. The first kappa shape index (κ1) is 31.4. The molecule has 0 spiro atoms. The molecule has 0 aliphatic heterocycles. The minimum Gasteiger partial charge on any atom is -0.462 e. The Labute approximate surface area is 242 Å². The number of nitrogens with one attached hydrogen (secondary N) is 1. The zero-order valence-electron chi connectivity index (χ0n) is 21.6. The molecule has 0 bridgehead atoms. The maximum absolute atomic E-state index is 12.1.